The summed E-state index contributed by atoms with van der Waals surface area (Å²) in [6, 6.07) is 13.7. The van der Waals surface area contributed by atoms with Gasteiger partial charge in [0.2, 0.25) is 5.95 Å². The number of nitrogens with one attached hydrogen (secondary N) is 2. The number of carbonyl (C=O) groups is 1. The van der Waals surface area contributed by atoms with Gasteiger partial charge in [0.05, 0.1) is 11.3 Å². The van der Waals surface area contributed by atoms with Crippen molar-refractivity contribution < 1.29 is 4.79 Å². The molecule has 3 aromatic rings. The van der Waals surface area contributed by atoms with Crippen molar-refractivity contribution in [2.75, 3.05) is 10.6 Å². The number of aromatic nitrogens is 2. The van der Waals surface area contributed by atoms with Crippen LogP contribution in [0, 0.1) is 19.3 Å². The molecule has 2 aromatic carbocycles. The van der Waals surface area contributed by atoms with Crippen LogP contribution in [0.15, 0.2) is 42.5 Å². The molecule has 154 valence electrons. The van der Waals surface area contributed by atoms with Crippen LogP contribution in [-0.2, 0) is 6.42 Å². The zero-order valence-electron chi connectivity index (χ0n) is 17.6. The highest BCUT2D eigenvalue weighted by Gasteiger charge is 2.35. The van der Waals surface area contributed by atoms with Crippen molar-refractivity contribution in [2.24, 2.45) is 5.41 Å². The summed E-state index contributed by atoms with van der Waals surface area (Å²) in [6.07, 6.45) is 1.18. The van der Waals surface area contributed by atoms with Gasteiger partial charge in [-0.2, -0.15) is 4.98 Å². The highest BCUT2D eigenvalue weighted by atomic mass is 35.5. The van der Waals surface area contributed by atoms with Gasteiger partial charge in [0, 0.05) is 22.8 Å². The Bertz CT molecular complexity index is 1120. The van der Waals surface area contributed by atoms with Gasteiger partial charge in [-0.25, -0.2) is 4.98 Å². The van der Waals surface area contributed by atoms with Crippen LogP contribution in [0.4, 0.5) is 23.1 Å². The number of carbonyl (C=O) groups excluding carboxylic acids is 1. The first kappa shape index (κ1) is 20.4. The molecule has 0 radical (unpaired) electrons. The van der Waals surface area contributed by atoms with Gasteiger partial charge in [0.1, 0.15) is 5.82 Å². The monoisotopic (exact) mass is 420 g/mol. The third-order valence-corrected chi connectivity index (χ3v) is 5.70. The normalized spacial score (nSPS) is 14.9. The number of benzene rings is 2. The minimum atomic E-state index is -0.135. The van der Waals surface area contributed by atoms with Crippen LogP contribution in [0.3, 0.4) is 0 Å². The van der Waals surface area contributed by atoms with Gasteiger partial charge in [-0.05, 0) is 55.5 Å². The van der Waals surface area contributed by atoms with Gasteiger partial charge in [-0.3, -0.25) is 4.79 Å². The molecule has 1 aliphatic rings. The summed E-state index contributed by atoms with van der Waals surface area (Å²) < 4.78 is 0. The van der Waals surface area contributed by atoms with Crippen molar-refractivity contribution in [2.45, 2.75) is 40.5 Å². The van der Waals surface area contributed by atoms with Gasteiger partial charge in [-0.1, -0.05) is 49.2 Å². The van der Waals surface area contributed by atoms with Crippen LogP contribution < -0.4 is 10.6 Å². The van der Waals surface area contributed by atoms with Gasteiger partial charge in [0.15, 0.2) is 5.78 Å². The smallest absolute Gasteiger partial charge is 0.229 e. The number of rotatable bonds is 4. The molecule has 0 fully saturated rings. The molecule has 0 saturated carbocycles. The Morgan fingerprint density at radius 1 is 0.933 bits per heavy atom. The summed E-state index contributed by atoms with van der Waals surface area (Å²) in [6.45, 7) is 8.18. The van der Waals surface area contributed by atoms with Crippen LogP contribution in [-0.4, -0.2) is 15.8 Å². The minimum Gasteiger partial charge on any atom is -0.339 e. The van der Waals surface area contributed by atoms with Crippen molar-refractivity contribution in [3.8, 4) is 0 Å². The maximum atomic E-state index is 13.0. The Morgan fingerprint density at radius 2 is 1.63 bits per heavy atom. The summed E-state index contributed by atoms with van der Waals surface area (Å²) in [4.78, 5) is 22.3. The largest absolute Gasteiger partial charge is 0.339 e. The first-order valence-corrected chi connectivity index (χ1v) is 10.4. The van der Waals surface area contributed by atoms with Gasteiger partial charge in [-0.15, -0.1) is 0 Å². The molecule has 1 aromatic heterocycles. The Balaban J connectivity index is 1.77. The van der Waals surface area contributed by atoms with Crippen LogP contribution in [0.2, 0.25) is 5.02 Å². The zero-order valence-corrected chi connectivity index (χ0v) is 18.4. The molecule has 1 heterocycles. The summed E-state index contributed by atoms with van der Waals surface area (Å²) >= 11 is 6.29. The molecule has 0 amide bonds. The average Bonchev–Trinajstić information content (AvgIpc) is 2.65. The Kier molecular flexibility index (Phi) is 5.24. The highest BCUT2D eigenvalue weighted by molar-refractivity contribution is 6.31. The zero-order chi connectivity index (χ0) is 21.5. The number of anilines is 4. The summed E-state index contributed by atoms with van der Waals surface area (Å²) in [7, 11) is 0. The van der Waals surface area contributed by atoms with Crippen LogP contribution >= 0.6 is 11.6 Å². The fraction of sp³-hybridized carbons (Fsp3) is 0.292. The molecule has 5 nitrogen and oxygen atoms in total. The fourth-order valence-electron chi connectivity index (χ4n) is 3.69. The Morgan fingerprint density at radius 3 is 2.33 bits per heavy atom. The molecule has 0 saturated heterocycles. The maximum absolute atomic E-state index is 13.0. The van der Waals surface area contributed by atoms with Gasteiger partial charge < -0.3 is 10.6 Å². The highest BCUT2D eigenvalue weighted by Crippen LogP contribution is 2.38. The molecular formula is C24H25ClN4O. The van der Waals surface area contributed by atoms with E-state index in [1.54, 1.807) is 0 Å². The number of Topliss-reactive ketones (excluding diaryl/α,β-unsaturated/α-hetero) is 1. The summed E-state index contributed by atoms with van der Waals surface area (Å²) in [5, 5.41) is 7.23. The van der Waals surface area contributed by atoms with E-state index in [1.165, 1.54) is 5.56 Å². The predicted octanol–water partition coefficient (Wildman–Crippen LogP) is 6.39. The first-order valence-electron chi connectivity index (χ1n) is 10.0. The van der Waals surface area contributed by atoms with Crippen molar-refractivity contribution >= 4 is 40.5 Å². The molecule has 0 unspecified atom stereocenters. The molecule has 1 aliphatic carbocycles. The number of hydrogen-bond donors (Lipinski definition) is 2. The topological polar surface area (TPSA) is 66.9 Å². The Labute approximate surface area is 181 Å². The molecule has 0 spiro atoms. The van der Waals surface area contributed by atoms with Crippen molar-refractivity contribution in [1.29, 1.82) is 0 Å². The van der Waals surface area contributed by atoms with Gasteiger partial charge >= 0.3 is 0 Å². The molecular weight excluding hydrogens is 396 g/mol. The first-order chi connectivity index (χ1) is 14.2. The number of halogens is 1. The Hall–Kier alpha value is -2.92. The minimum absolute atomic E-state index is 0.0591. The second-order valence-corrected chi connectivity index (χ2v) is 9.15. The van der Waals surface area contributed by atoms with Gasteiger partial charge in [0.25, 0.3) is 0 Å². The third kappa shape index (κ3) is 4.31. The molecule has 2 N–H and O–H groups in total. The second kappa shape index (κ2) is 7.73. The molecule has 0 atom stereocenters. The van der Waals surface area contributed by atoms with E-state index in [4.69, 9.17) is 16.6 Å². The SMILES string of the molecule is Cc1ccc(Nc2nc3c(c(Nc4ccc(C)c(Cl)c4)n2)C(=O)CC(C)(C)C3)cc1. The van der Waals surface area contributed by atoms with E-state index in [9.17, 15) is 4.79 Å². The van der Waals surface area contributed by atoms with E-state index in [-0.39, 0.29) is 11.2 Å². The lowest BCUT2D eigenvalue weighted by atomic mass is 9.75. The maximum Gasteiger partial charge on any atom is 0.229 e. The number of hydrogen-bond acceptors (Lipinski definition) is 5. The van der Waals surface area contributed by atoms with E-state index < -0.39 is 0 Å². The van der Waals surface area contributed by atoms with Crippen molar-refractivity contribution in [3.63, 3.8) is 0 Å². The molecule has 4 rings (SSSR count). The van der Waals surface area contributed by atoms with Crippen LogP contribution in [0.25, 0.3) is 0 Å². The van der Waals surface area contributed by atoms with Crippen molar-refractivity contribution in [1.82, 2.24) is 9.97 Å². The van der Waals surface area contributed by atoms with E-state index in [2.05, 4.69) is 29.5 Å². The lowest BCUT2D eigenvalue weighted by Crippen LogP contribution is -2.29. The number of fused-ring (bicyclic) bond motifs is 1. The quantitative estimate of drug-likeness (QED) is 0.511. The second-order valence-electron chi connectivity index (χ2n) is 8.74. The van der Waals surface area contributed by atoms with Crippen LogP contribution in [0.5, 0.6) is 0 Å². The molecule has 30 heavy (non-hydrogen) atoms. The van der Waals surface area contributed by atoms with E-state index in [1.807, 2.05) is 56.3 Å². The average molecular weight is 421 g/mol. The number of ketones is 1. The fourth-order valence-corrected chi connectivity index (χ4v) is 3.87. The number of aryl methyl sites for hydroxylation is 2. The summed E-state index contributed by atoms with van der Waals surface area (Å²) in [5.41, 5.74) is 5.05. The van der Waals surface area contributed by atoms with Crippen molar-refractivity contribution in [3.05, 3.63) is 69.9 Å². The van der Waals surface area contributed by atoms with E-state index in [0.717, 1.165) is 22.6 Å². The molecule has 0 aliphatic heterocycles. The lowest BCUT2D eigenvalue weighted by molar-refractivity contribution is 0.0911. The standard InChI is InChI=1S/C24H25ClN4O/c1-14-5-8-16(9-6-14)27-23-28-19-12-24(3,4)13-20(30)21(19)22(29-23)26-17-10-7-15(2)18(25)11-17/h5-11H,12-13H2,1-4H3,(H2,26,27,28,29). The van der Waals surface area contributed by atoms with E-state index in [0.29, 0.717) is 35.2 Å². The third-order valence-electron chi connectivity index (χ3n) is 5.29. The summed E-state index contributed by atoms with van der Waals surface area (Å²) in [5.74, 6) is 1.03. The predicted molar refractivity (Wildman–Crippen MR) is 122 cm³/mol. The number of nitrogens with zero attached hydrogens (tertiary/aromatic N) is 2. The van der Waals surface area contributed by atoms with Crippen LogP contribution in [0.1, 0.15) is 47.4 Å². The lowest BCUT2D eigenvalue weighted by Gasteiger charge is -2.30. The molecule has 0 bridgehead atoms. The molecule has 6 heteroatoms. The van der Waals surface area contributed by atoms with E-state index >= 15 is 0 Å².